The minimum atomic E-state index is -0.234. The molecule has 7 nitrogen and oxygen atoms in total. The van der Waals surface area contributed by atoms with E-state index in [1.165, 1.54) is 0 Å². The Kier molecular flexibility index (Phi) is 5.82. The van der Waals surface area contributed by atoms with Gasteiger partial charge in [-0.25, -0.2) is 0 Å². The number of hydrogen-bond donors (Lipinski definition) is 2. The third-order valence-electron chi connectivity index (χ3n) is 4.20. The maximum atomic E-state index is 12.7. The Morgan fingerprint density at radius 1 is 1.27 bits per heavy atom. The van der Waals surface area contributed by atoms with Crippen molar-refractivity contribution in [2.24, 2.45) is 0 Å². The van der Waals surface area contributed by atoms with E-state index in [1.54, 1.807) is 13.0 Å². The molecule has 0 aliphatic carbocycles. The predicted molar refractivity (Wildman–Crippen MR) is 103 cm³/mol. The molecule has 2 heterocycles. The molecule has 0 spiro atoms. The Balaban J connectivity index is 1.63. The fourth-order valence-corrected chi connectivity index (χ4v) is 3.69. The van der Waals surface area contributed by atoms with Crippen molar-refractivity contribution in [1.29, 1.82) is 0 Å². The third kappa shape index (κ3) is 4.37. The van der Waals surface area contributed by atoms with Crippen LogP contribution >= 0.6 is 11.8 Å². The van der Waals surface area contributed by atoms with E-state index >= 15 is 0 Å². The number of aromatic nitrogens is 1. The van der Waals surface area contributed by atoms with E-state index in [2.05, 4.69) is 15.8 Å². The van der Waals surface area contributed by atoms with Crippen LogP contribution in [0, 0.1) is 13.8 Å². The number of carbonyl (C=O) groups is 2. The summed E-state index contributed by atoms with van der Waals surface area (Å²) in [5.41, 5.74) is 2.30. The van der Waals surface area contributed by atoms with Crippen molar-refractivity contribution in [2.45, 2.75) is 13.8 Å². The SMILES string of the molecule is Cc1cc(NC(=O)CNc2cccc(C(=O)N3CCSCC3)c2C)no1. The van der Waals surface area contributed by atoms with Crippen LogP contribution in [-0.2, 0) is 4.79 Å². The highest BCUT2D eigenvalue weighted by Gasteiger charge is 2.20. The van der Waals surface area contributed by atoms with Crippen LogP contribution < -0.4 is 10.6 Å². The van der Waals surface area contributed by atoms with Gasteiger partial charge in [0.1, 0.15) is 5.76 Å². The Labute approximate surface area is 156 Å². The summed E-state index contributed by atoms with van der Waals surface area (Å²) in [5.74, 6) is 2.79. The maximum Gasteiger partial charge on any atom is 0.254 e. The molecule has 1 fully saturated rings. The number of amides is 2. The van der Waals surface area contributed by atoms with E-state index in [0.29, 0.717) is 17.1 Å². The molecular weight excluding hydrogens is 352 g/mol. The molecule has 0 unspecified atom stereocenters. The van der Waals surface area contributed by atoms with Gasteiger partial charge in [-0.1, -0.05) is 11.2 Å². The molecule has 1 aromatic heterocycles. The summed E-state index contributed by atoms with van der Waals surface area (Å²) in [6.45, 7) is 5.28. The van der Waals surface area contributed by atoms with Gasteiger partial charge in [0.15, 0.2) is 5.82 Å². The van der Waals surface area contributed by atoms with Crippen LogP contribution in [0.4, 0.5) is 11.5 Å². The number of aryl methyl sites for hydroxylation is 1. The molecule has 1 aromatic carbocycles. The molecule has 0 atom stereocenters. The first-order valence-corrected chi connectivity index (χ1v) is 9.64. The summed E-state index contributed by atoms with van der Waals surface area (Å²) >= 11 is 1.87. The standard InChI is InChI=1S/C18H22N4O3S/c1-12-10-16(21-25-12)20-17(23)11-19-15-5-3-4-14(13(15)2)18(24)22-6-8-26-9-7-22/h3-5,10,19H,6-9,11H2,1-2H3,(H,20,21,23). The van der Waals surface area contributed by atoms with Crippen LogP contribution in [0.15, 0.2) is 28.8 Å². The average Bonchev–Trinajstić information content (AvgIpc) is 3.05. The Bertz CT molecular complexity index is 799. The van der Waals surface area contributed by atoms with Crippen LogP contribution in [0.1, 0.15) is 21.7 Å². The van der Waals surface area contributed by atoms with E-state index in [4.69, 9.17) is 4.52 Å². The van der Waals surface area contributed by atoms with Gasteiger partial charge in [0.05, 0.1) is 6.54 Å². The van der Waals surface area contributed by atoms with Gasteiger partial charge in [0.25, 0.3) is 5.91 Å². The van der Waals surface area contributed by atoms with Crippen LogP contribution in [0.5, 0.6) is 0 Å². The fourth-order valence-electron chi connectivity index (χ4n) is 2.78. The predicted octanol–water partition coefficient (Wildman–Crippen LogP) is 2.53. The summed E-state index contributed by atoms with van der Waals surface area (Å²) in [4.78, 5) is 26.7. The molecule has 3 rings (SSSR count). The summed E-state index contributed by atoms with van der Waals surface area (Å²) < 4.78 is 4.92. The average molecular weight is 374 g/mol. The molecule has 1 aliphatic rings. The lowest BCUT2D eigenvalue weighted by molar-refractivity contribution is -0.114. The molecule has 0 radical (unpaired) electrons. The maximum absolute atomic E-state index is 12.7. The van der Waals surface area contributed by atoms with E-state index in [-0.39, 0.29) is 18.4 Å². The smallest absolute Gasteiger partial charge is 0.254 e. The number of benzene rings is 1. The third-order valence-corrected chi connectivity index (χ3v) is 5.14. The molecule has 8 heteroatoms. The van der Waals surface area contributed by atoms with E-state index in [0.717, 1.165) is 35.8 Å². The van der Waals surface area contributed by atoms with Crippen LogP contribution in [0.2, 0.25) is 0 Å². The van der Waals surface area contributed by atoms with Gasteiger partial charge in [-0.05, 0) is 31.5 Å². The van der Waals surface area contributed by atoms with Gasteiger partial charge in [-0.3, -0.25) is 9.59 Å². The van der Waals surface area contributed by atoms with Crippen LogP contribution in [0.25, 0.3) is 0 Å². The minimum Gasteiger partial charge on any atom is -0.376 e. The molecule has 1 saturated heterocycles. The van der Waals surface area contributed by atoms with Crippen LogP contribution in [0.3, 0.4) is 0 Å². The second-order valence-corrected chi connectivity index (χ2v) is 7.33. The molecule has 26 heavy (non-hydrogen) atoms. The molecular formula is C18H22N4O3S. The number of nitrogens with one attached hydrogen (secondary N) is 2. The number of anilines is 2. The van der Waals surface area contributed by atoms with Gasteiger partial charge in [0.2, 0.25) is 5.91 Å². The monoisotopic (exact) mass is 374 g/mol. The first kappa shape index (κ1) is 18.3. The quantitative estimate of drug-likeness (QED) is 0.836. The first-order valence-electron chi connectivity index (χ1n) is 8.48. The number of thioether (sulfide) groups is 1. The van der Waals surface area contributed by atoms with Crippen molar-refractivity contribution in [3.05, 3.63) is 41.2 Å². The van der Waals surface area contributed by atoms with Gasteiger partial charge in [-0.15, -0.1) is 0 Å². The van der Waals surface area contributed by atoms with Crippen molar-refractivity contribution in [3.63, 3.8) is 0 Å². The normalized spacial score (nSPS) is 14.2. The fraction of sp³-hybridized carbons (Fsp3) is 0.389. The summed E-state index contributed by atoms with van der Waals surface area (Å²) in [6.07, 6.45) is 0. The van der Waals surface area contributed by atoms with Crippen molar-refractivity contribution < 1.29 is 14.1 Å². The Morgan fingerprint density at radius 3 is 2.73 bits per heavy atom. The van der Waals surface area contributed by atoms with Crippen molar-refractivity contribution in [2.75, 3.05) is 41.8 Å². The lowest BCUT2D eigenvalue weighted by Crippen LogP contribution is -2.38. The number of carbonyl (C=O) groups excluding carboxylic acids is 2. The molecule has 2 N–H and O–H groups in total. The topological polar surface area (TPSA) is 87.5 Å². The molecule has 1 aliphatic heterocycles. The van der Waals surface area contributed by atoms with E-state index in [1.807, 2.05) is 41.8 Å². The van der Waals surface area contributed by atoms with Gasteiger partial charge >= 0.3 is 0 Å². The first-order chi connectivity index (χ1) is 12.5. The minimum absolute atomic E-state index is 0.0500. The highest BCUT2D eigenvalue weighted by molar-refractivity contribution is 7.99. The number of rotatable bonds is 5. The van der Waals surface area contributed by atoms with Crippen molar-refractivity contribution in [3.8, 4) is 0 Å². The Morgan fingerprint density at radius 2 is 2.04 bits per heavy atom. The largest absolute Gasteiger partial charge is 0.376 e. The lowest BCUT2D eigenvalue weighted by atomic mass is 10.1. The summed E-state index contributed by atoms with van der Waals surface area (Å²) in [5, 5.41) is 9.48. The molecule has 2 aromatic rings. The van der Waals surface area contributed by atoms with Gasteiger partial charge in [0, 0.05) is 41.9 Å². The Hall–Kier alpha value is -2.48. The molecule has 2 amide bonds. The zero-order valence-electron chi connectivity index (χ0n) is 14.9. The summed E-state index contributed by atoms with van der Waals surface area (Å²) in [6, 6.07) is 7.19. The van der Waals surface area contributed by atoms with Crippen molar-refractivity contribution >= 4 is 35.1 Å². The van der Waals surface area contributed by atoms with E-state index in [9.17, 15) is 9.59 Å². The zero-order valence-corrected chi connectivity index (χ0v) is 15.7. The summed E-state index contributed by atoms with van der Waals surface area (Å²) in [7, 11) is 0. The van der Waals surface area contributed by atoms with Gasteiger partial charge in [-0.2, -0.15) is 11.8 Å². The second-order valence-electron chi connectivity index (χ2n) is 6.11. The highest BCUT2D eigenvalue weighted by Crippen LogP contribution is 2.22. The molecule has 0 saturated carbocycles. The second kappa shape index (κ2) is 8.27. The highest BCUT2D eigenvalue weighted by atomic mass is 32.2. The van der Waals surface area contributed by atoms with Gasteiger partial charge < -0.3 is 20.1 Å². The molecule has 138 valence electrons. The van der Waals surface area contributed by atoms with Crippen LogP contribution in [-0.4, -0.2) is 53.0 Å². The van der Waals surface area contributed by atoms with Crippen molar-refractivity contribution in [1.82, 2.24) is 10.1 Å². The lowest BCUT2D eigenvalue weighted by Gasteiger charge is -2.27. The number of hydrogen-bond acceptors (Lipinski definition) is 6. The van der Waals surface area contributed by atoms with E-state index < -0.39 is 0 Å². The number of nitrogens with zero attached hydrogens (tertiary/aromatic N) is 2. The molecule has 0 bridgehead atoms. The zero-order chi connectivity index (χ0) is 18.5.